The fraction of sp³-hybridized carbons (Fsp3) is 0.400. The minimum atomic E-state index is -0.423. The van der Waals surface area contributed by atoms with Crippen LogP contribution >= 0.6 is 0 Å². The molecule has 5 nitrogen and oxygen atoms in total. The maximum atomic E-state index is 12.7. The number of rotatable bonds is 9. The zero-order valence-corrected chi connectivity index (χ0v) is 15.1. The number of ether oxygens (including phenoxy) is 4. The van der Waals surface area contributed by atoms with E-state index in [1.165, 1.54) is 0 Å². The molecule has 6 heteroatoms. The molecule has 1 heterocycles. The van der Waals surface area contributed by atoms with E-state index < -0.39 is 6.67 Å². The zero-order valence-electron chi connectivity index (χ0n) is 15.1. The SMILES string of the molecule is COc1cc(CCNCc2cccc3c2OCO3)c(OC)cc1CCF. The second-order valence-electron chi connectivity index (χ2n) is 5.99. The maximum absolute atomic E-state index is 12.7. The van der Waals surface area contributed by atoms with Crippen LogP contribution < -0.4 is 24.3 Å². The molecule has 0 amide bonds. The summed E-state index contributed by atoms with van der Waals surface area (Å²) in [6.07, 6.45) is 1.08. The lowest BCUT2D eigenvalue weighted by Gasteiger charge is -2.15. The molecule has 2 aromatic carbocycles. The van der Waals surface area contributed by atoms with Crippen molar-refractivity contribution in [1.82, 2.24) is 5.32 Å². The van der Waals surface area contributed by atoms with Crippen LogP contribution in [0.3, 0.4) is 0 Å². The molecule has 3 rings (SSSR count). The molecule has 26 heavy (non-hydrogen) atoms. The van der Waals surface area contributed by atoms with Gasteiger partial charge in [-0.2, -0.15) is 0 Å². The number of alkyl halides is 1. The van der Waals surface area contributed by atoms with Crippen molar-refractivity contribution in [2.24, 2.45) is 0 Å². The summed E-state index contributed by atoms with van der Waals surface area (Å²) in [5, 5.41) is 3.42. The van der Waals surface area contributed by atoms with E-state index in [0.29, 0.717) is 18.7 Å². The topological polar surface area (TPSA) is 49.0 Å². The first-order chi connectivity index (χ1) is 12.8. The molecule has 0 aliphatic carbocycles. The largest absolute Gasteiger partial charge is 0.496 e. The van der Waals surface area contributed by atoms with E-state index in [-0.39, 0.29) is 6.79 Å². The van der Waals surface area contributed by atoms with Gasteiger partial charge in [-0.3, -0.25) is 4.39 Å². The Morgan fingerprint density at radius 2 is 1.73 bits per heavy atom. The van der Waals surface area contributed by atoms with Crippen LogP contribution in [0.25, 0.3) is 0 Å². The molecule has 0 aromatic heterocycles. The van der Waals surface area contributed by atoms with Crippen molar-refractivity contribution in [3.63, 3.8) is 0 Å². The Hall–Kier alpha value is -2.47. The van der Waals surface area contributed by atoms with Gasteiger partial charge < -0.3 is 24.3 Å². The van der Waals surface area contributed by atoms with E-state index >= 15 is 0 Å². The molecule has 140 valence electrons. The second kappa shape index (κ2) is 8.76. The van der Waals surface area contributed by atoms with Gasteiger partial charge in [-0.15, -0.1) is 0 Å². The van der Waals surface area contributed by atoms with Gasteiger partial charge in [-0.25, -0.2) is 0 Å². The quantitative estimate of drug-likeness (QED) is 0.695. The van der Waals surface area contributed by atoms with Gasteiger partial charge in [-0.1, -0.05) is 12.1 Å². The van der Waals surface area contributed by atoms with Crippen molar-refractivity contribution in [3.8, 4) is 23.0 Å². The van der Waals surface area contributed by atoms with Crippen molar-refractivity contribution in [2.75, 3.05) is 34.2 Å². The van der Waals surface area contributed by atoms with E-state index in [1.807, 2.05) is 30.3 Å². The molecule has 0 spiro atoms. The maximum Gasteiger partial charge on any atom is 0.231 e. The van der Waals surface area contributed by atoms with E-state index in [1.54, 1.807) is 14.2 Å². The Labute approximate surface area is 153 Å². The van der Waals surface area contributed by atoms with E-state index in [0.717, 1.165) is 46.9 Å². The van der Waals surface area contributed by atoms with Gasteiger partial charge in [0, 0.05) is 24.1 Å². The Bertz CT molecular complexity index is 751. The predicted octanol–water partition coefficient (Wildman–Crippen LogP) is 3.28. The van der Waals surface area contributed by atoms with Gasteiger partial charge in [-0.05, 0) is 36.7 Å². The predicted molar refractivity (Wildman–Crippen MR) is 97.2 cm³/mol. The molecule has 0 saturated carbocycles. The number of hydrogen-bond donors (Lipinski definition) is 1. The molecule has 0 saturated heterocycles. The first-order valence-electron chi connectivity index (χ1n) is 8.64. The number of hydrogen-bond acceptors (Lipinski definition) is 5. The number of fused-ring (bicyclic) bond motifs is 1. The van der Waals surface area contributed by atoms with Crippen LogP contribution in [0.2, 0.25) is 0 Å². The van der Waals surface area contributed by atoms with Crippen LogP contribution in [0.1, 0.15) is 16.7 Å². The van der Waals surface area contributed by atoms with Crippen molar-refractivity contribution < 1.29 is 23.3 Å². The molecule has 2 aromatic rings. The molecule has 0 unspecified atom stereocenters. The summed E-state index contributed by atoms with van der Waals surface area (Å²) in [5.74, 6) is 3.06. The fourth-order valence-corrected chi connectivity index (χ4v) is 3.09. The van der Waals surface area contributed by atoms with E-state index in [9.17, 15) is 4.39 Å². The van der Waals surface area contributed by atoms with Gasteiger partial charge >= 0.3 is 0 Å². The number of para-hydroxylation sites is 1. The third-order valence-electron chi connectivity index (χ3n) is 4.41. The van der Waals surface area contributed by atoms with Gasteiger partial charge in [0.25, 0.3) is 0 Å². The van der Waals surface area contributed by atoms with Crippen LogP contribution in [0, 0.1) is 0 Å². The van der Waals surface area contributed by atoms with Gasteiger partial charge in [0.1, 0.15) is 11.5 Å². The summed E-state index contributed by atoms with van der Waals surface area (Å²) in [4.78, 5) is 0. The van der Waals surface area contributed by atoms with Crippen molar-refractivity contribution in [2.45, 2.75) is 19.4 Å². The summed E-state index contributed by atoms with van der Waals surface area (Å²) >= 11 is 0. The van der Waals surface area contributed by atoms with Crippen molar-refractivity contribution in [3.05, 3.63) is 47.0 Å². The van der Waals surface area contributed by atoms with Crippen LogP contribution in [0.5, 0.6) is 23.0 Å². The third-order valence-corrected chi connectivity index (χ3v) is 4.41. The monoisotopic (exact) mass is 361 g/mol. The van der Waals surface area contributed by atoms with Crippen molar-refractivity contribution in [1.29, 1.82) is 0 Å². The second-order valence-corrected chi connectivity index (χ2v) is 5.99. The van der Waals surface area contributed by atoms with Crippen LogP contribution in [0.4, 0.5) is 4.39 Å². The first kappa shape index (κ1) is 18.3. The van der Waals surface area contributed by atoms with E-state index in [4.69, 9.17) is 18.9 Å². The van der Waals surface area contributed by atoms with Gasteiger partial charge in [0.05, 0.1) is 20.9 Å². The smallest absolute Gasteiger partial charge is 0.231 e. The molecule has 0 atom stereocenters. The van der Waals surface area contributed by atoms with Crippen LogP contribution in [0.15, 0.2) is 30.3 Å². The molecule has 0 bridgehead atoms. The highest BCUT2D eigenvalue weighted by Gasteiger charge is 2.17. The minimum Gasteiger partial charge on any atom is -0.496 e. The number of methoxy groups -OCH3 is 2. The Morgan fingerprint density at radius 3 is 2.42 bits per heavy atom. The van der Waals surface area contributed by atoms with Crippen molar-refractivity contribution >= 4 is 0 Å². The number of benzene rings is 2. The number of nitrogens with one attached hydrogen (secondary N) is 1. The molecule has 1 aliphatic rings. The summed E-state index contributed by atoms with van der Waals surface area (Å²) < 4.78 is 34.5. The highest BCUT2D eigenvalue weighted by Crippen LogP contribution is 2.35. The lowest BCUT2D eigenvalue weighted by molar-refractivity contribution is 0.173. The molecule has 1 aliphatic heterocycles. The number of halogens is 1. The van der Waals surface area contributed by atoms with Gasteiger partial charge in [0.2, 0.25) is 6.79 Å². The highest BCUT2D eigenvalue weighted by molar-refractivity contribution is 5.48. The third kappa shape index (κ3) is 4.02. The Balaban J connectivity index is 1.62. The summed E-state index contributed by atoms with van der Waals surface area (Å²) in [6.45, 7) is 1.29. The van der Waals surface area contributed by atoms with Crippen LogP contribution in [-0.4, -0.2) is 34.2 Å². The average Bonchev–Trinajstić information content (AvgIpc) is 3.15. The molecule has 0 fully saturated rings. The average molecular weight is 361 g/mol. The lowest BCUT2D eigenvalue weighted by Crippen LogP contribution is -2.17. The Kier molecular flexibility index (Phi) is 6.17. The molecular weight excluding hydrogens is 337 g/mol. The summed E-state index contributed by atoms with van der Waals surface area (Å²) in [6, 6.07) is 9.69. The van der Waals surface area contributed by atoms with Crippen LogP contribution in [-0.2, 0) is 19.4 Å². The highest BCUT2D eigenvalue weighted by atomic mass is 19.1. The lowest BCUT2D eigenvalue weighted by atomic mass is 10.0. The Morgan fingerprint density at radius 1 is 1.00 bits per heavy atom. The normalized spacial score (nSPS) is 12.3. The standard InChI is InChI=1S/C20H24FNO4/c1-23-18-11-15(19(24-2)10-14(18)6-8-21)7-9-22-12-16-4-3-5-17-20(16)26-13-25-17/h3-5,10-11,22H,6-9,12-13H2,1-2H3. The molecule has 0 radical (unpaired) electrons. The summed E-state index contributed by atoms with van der Waals surface area (Å²) in [5.41, 5.74) is 2.92. The molecular formula is C20H24FNO4. The minimum absolute atomic E-state index is 0.272. The molecule has 1 N–H and O–H groups in total. The number of aryl methyl sites for hydroxylation is 1. The fourth-order valence-electron chi connectivity index (χ4n) is 3.09. The first-order valence-corrected chi connectivity index (χ1v) is 8.64. The zero-order chi connectivity index (χ0) is 18.4. The summed E-state index contributed by atoms with van der Waals surface area (Å²) in [7, 11) is 3.23. The van der Waals surface area contributed by atoms with Gasteiger partial charge in [0.15, 0.2) is 11.5 Å². The van der Waals surface area contributed by atoms with E-state index in [2.05, 4.69) is 5.32 Å².